The van der Waals surface area contributed by atoms with Crippen molar-refractivity contribution in [1.29, 1.82) is 0 Å². The number of nitrogens with one attached hydrogen (secondary N) is 1. The second kappa shape index (κ2) is 8.02. The van der Waals surface area contributed by atoms with E-state index in [-0.39, 0.29) is 0 Å². The number of unbranched alkanes of at least 4 members (excludes halogenated alkanes) is 1. The maximum Gasteiger partial charge on any atom is 0.0654 e. The topological polar surface area (TPSA) is 21.3 Å². The van der Waals surface area contributed by atoms with Crippen molar-refractivity contribution in [2.24, 2.45) is 0 Å². The molecule has 0 bridgehead atoms. The first kappa shape index (κ1) is 10.9. The van der Waals surface area contributed by atoms with Crippen LogP contribution in [0.1, 0.15) is 46.5 Å². The maximum atomic E-state index is 5.13. The van der Waals surface area contributed by atoms with Crippen LogP contribution in [0.3, 0.4) is 0 Å². The molecule has 2 nitrogen and oxygen atoms in total. The van der Waals surface area contributed by atoms with E-state index in [4.69, 9.17) is 4.84 Å². The Morgan fingerprint density at radius 2 is 2.00 bits per heavy atom. The monoisotopic (exact) mass is 159 g/mol. The van der Waals surface area contributed by atoms with Crippen molar-refractivity contribution in [2.45, 2.75) is 52.5 Å². The Morgan fingerprint density at radius 3 is 2.45 bits per heavy atom. The summed E-state index contributed by atoms with van der Waals surface area (Å²) >= 11 is 0. The molecule has 0 aromatic carbocycles. The second-order valence-electron chi connectivity index (χ2n) is 2.80. The Bertz CT molecular complexity index is 68.0. The third-order valence-electron chi connectivity index (χ3n) is 1.79. The molecule has 2 heteroatoms. The summed E-state index contributed by atoms with van der Waals surface area (Å²) in [6.07, 6.45) is 4.94. The standard InChI is InChI=1S/C9H21NO/c1-4-7-8-9(5-2)10-11-6-3/h9-10H,4-8H2,1-3H3. The minimum Gasteiger partial charge on any atom is -0.302 e. The lowest BCUT2D eigenvalue weighted by molar-refractivity contribution is 0.0209. The predicted molar refractivity (Wildman–Crippen MR) is 48.4 cm³/mol. The Kier molecular flexibility index (Phi) is 7.96. The SMILES string of the molecule is CCCCC(CC)NOCC. The van der Waals surface area contributed by atoms with Crippen LogP contribution in [0.25, 0.3) is 0 Å². The normalized spacial score (nSPS) is 13.4. The summed E-state index contributed by atoms with van der Waals surface area (Å²) in [7, 11) is 0. The fourth-order valence-corrected chi connectivity index (χ4v) is 0.998. The number of hydroxylamine groups is 1. The van der Waals surface area contributed by atoms with Crippen LogP contribution in [-0.2, 0) is 4.84 Å². The highest BCUT2D eigenvalue weighted by Crippen LogP contribution is 2.03. The van der Waals surface area contributed by atoms with E-state index in [2.05, 4.69) is 19.3 Å². The third kappa shape index (κ3) is 6.32. The van der Waals surface area contributed by atoms with Gasteiger partial charge < -0.3 is 4.84 Å². The summed E-state index contributed by atoms with van der Waals surface area (Å²) in [6, 6.07) is 0.551. The van der Waals surface area contributed by atoms with Crippen molar-refractivity contribution >= 4 is 0 Å². The molecule has 1 atom stereocenters. The molecule has 0 aliphatic rings. The minimum absolute atomic E-state index is 0.551. The van der Waals surface area contributed by atoms with Crippen molar-refractivity contribution < 1.29 is 4.84 Å². The van der Waals surface area contributed by atoms with E-state index in [1.165, 1.54) is 19.3 Å². The largest absolute Gasteiger partial charge is 0.302 e. The van der Waals surface area contributed by atoms with Gasteiger partial charge in [-0.25, -0.2) is 0 Å². The highest BCUT2D eigenvalue weighted by Gasteiger charge is 2.03. The van der Waals surface area contributed by atoms with Crippen molar-refractivity contribution in [3.63, 3.8) is 0 Å². The molecule has 0 amide bonds. The van der Waals surface area contributed by atoms with Crippen LogP contribution in [0.5, 0.6) is 0 Å². The first-order valence-electron chi connectivity index (χ1n) is 4.72. The molecule has 0 saturated carbocycles. The van der Waals surface area contributed by atoms with Gasteiger partial charge in [-0.3, -0.25) is 0 Å². The van der Waals surface area contributed by atoms with Gasteiger partial charge in [0.2, 0.25) is 0 Å². The number of rotatable bonds is 7. The third-order valence-corrected chi connectivity index (χ3v) is 1.79. The van der Waals surface area contributed by atoms with Gasteiger partial charge >= 0.3 is 0 Å². The average molecular weight is 159 g/mol. The van der Waals surface area contributed by atoms with Crippen LogP contribution >= 0.6 is 0 Å². The van der Waals surface area contributed by atoms with Crippen LogP contribution in [0.15, 0.2) is 0 Å². The van der Waals surface area contributed by atoms with Crippen molar-refractivity contribution in [1.82, 2.24) is 5.48 Å². The minimum atomic E-state index is 0.551. The summed E-state index contributed by atoms with van der Waals surface area (Å²) in [5.74, 6) is 0. The van der Waals surface area contributed by atoms with E-state index in [1.54, 1.807) is 0 Å². The smallest absolute Gasteiger partial charge is 0.0654 e. The molecule has 1 unspecified atom stereocenters. The summed E-state index contributed by atoms with van der Waals surface area (Å²) in [5, 5.41) is 0. The Balaban J connectivity index is 3.25. The summed E-state index contributed by atoms with van der Waals surface area (Å²) in [4.78, 5) is 5.13. The molecule has 1 N–H and O–H groups in total. The summed E-state index contributed by atoms with van der Waals surface area (Å²) in [5.41, 5.74) is 3.05. The van der Waals surface area contributed by atoms with Gasteiger partial charge in [0.25, 0.3) is 0 Å². The number of hydrogen-bond acceptors (Lipinski definition) is 2. The molecule has 0 spiro atoms. The van der Waals surface area contributed by atoms with Crippen molar-refractivity contribution in [2.75, 3.05) is 6.61 Å². The van der Waals surface area contributed by atoms with Gasteiger partial charge in [0.1, 0.15) is 0 Å². The second-order valence-corrected chi connectivity index (χ2v) is 2.80. The van der Waals surface area contributed by atoms with Crippen LogP contribution in [-0.4, -0.2) is 12.6 Å². The molecule has 0 saturated heterocycles. The molecular weight excluding hydrogens is 138 g/mol. The predicted octanol–water partition coefficient (Wildman–Crippen LogP) is 2.50. The molecular formula is C9H21NO. The molecule has 0 heterocycles. The van der Waals surface area contributed by atoms with Crippen LogP contribution in [0, 0.1) is 0 Å². The molecule has 0 radical (unpaired) electrons. The zero-order valence-electron chi connectivity index (χ0n) is 8.02. The lowest BCUT2D eigenvalue weighted by Gasteiger charge is -2.14. The maximum absolute atomic E-state index is 5.13. The van der Waals surface area contributed by atoms with Gasteiger partial charge in [-0.05, 0) is 19.8 Å². The zero-order valence-corrected chi connectivity index (χ0v) is 8.02. The van der Waals surface area contributed by atoms with E-state index in [9.17, 15) is 0 Å². The molecule has 0 aliphatic heterocycles. The lowest BCUT2D eigenvalue weighted by atomic mass is 10.1. The lowest BCUT2D eigenvalue weighted by Crippen LogP contribution is -2.28. The van der Waals surface area contributed by atoms with Crippen molar-refractivity contribution in [3.8, 4) is 0 Å². The molecule has 0 rings (SSSR count). The van der Waals surface area contributed by atoms with E-state index < -0.39 is 0 Å². The Hall–Kier alpha value is -0.0800. The molecule has 68 valence electrons. The Morgan fingerprint density at radius 1 is 1.27 bits per heavy atom. The fraction of sp³-hybridized carbons (Fsp3) is 1.00. The first-order chi connectivity index (χ1) is 5.35. The highest BCUT2D eigenvalue weighted by atomic mass is 16.6. The van der Waals surface area contributed by atoms with Crippen LogP contribution < -0.4 is 5.48 Å². The van der Waals surface area contributed by atoms with Crippen molar-refractivity contribution in [3.05, 3.63) is 0 Å². The molecule has 0 aromatic rings. The zero-order chi connectivity index (χ0) is 8.53. The van der Waals surface area contributed by atoms with Gasteiger partial charge in [0.05, 0.1) is 6.61 Å². The first-order valence-corrected chi connectivity index (χ1v) is 4.72. The van der Waals surface area contributed by atoms with E-state index in [0.717, 1.165) is 13.0 Å². The van der Waals surface area contributed by atoms with Crippen LogP contribution in [0.4, 0.5) is 0 Å². The van der Waals surface area contributed by atoms with E-state index in [0.29, 0.717) is 6.04 Å². The molecule has 0 fully saturated rings. The van der Waals surface area contributed by atoms with Gasteiger partial charge in [0.15, 0.2) is 0 Å². The fourth-order valence-electron chi connectivity index (χ4n) is 0.998. The van der Waals surface area contributed by atoms with Gasteiger partial charge in [-0.2, -0.15) is 5.48 Å². The summed E-state index contributed by atoms with van der Waals surface area (Å²) < 4.78 is 0. The van der Waals surface area contributed by atoms with E-state index in [1.807, 2.05) is 6.92 Å². The molecule has 0 aromatic heterocycles. The highest BCUT2D eigenvalue weighted by molar-refractivity contribution is 4.58. The Labute approximate surface area is 70.3 Å². The average Bonchev–Trinajstić information content (AvgIpc) is 2.05. The molecule has 0 aliphatic carbocycles. The van der Waals surface area contributed by atoms with E-state index >= 15 is 0 Å². The van der Waals surface area contributed by atoms with Crippen LogP contribution in [0.2, 0.25) is 0 Å². The van der Waals surface area contributed by atoms with Gasteiger partial charge in [-0.15, -0.1) is 0 Å². The number of hydrogen-bond donors (Lipinski definition) is 1. The summed E-state index contributed by atoms with van der Waals surface area (Å²) in [6.45, 7) is 7.15. The van der Waals surface area contributed by atoms with Gasteiger partial charge in [-0.1, -0.05) is 26.7 Å². The molecule has 11 heavy (non-hydrogen) atoms. The quantitative estimate of drug-likeness (QED) is 0.576. The van der Waals surface area contributed by atoms with Gasteiger partial charge in [0, 0.05) is 6.04 Å².